The normalized spacial score (nSPS) is 16.1. The summed E-state index contributed by atoms with van der Waals surface area (Å²) in [7, 11) is -3.89. The first kappa shape index (κ1) is 19.5. The Morgan fingerprint density at radius 3 is 2.34 bits per heavy atom. The van der Waals surface area contributed by atoms with Crippen LogP contribution >= 0.6 is 0 Å². The first-order valence-corrected chi connectivity index (χ1v) is 10.9. The van der Waals surface area contributed by atoms with E-state index < -0.39 is 14.9 Å². The number of nitro benzene ring substituents is 1. The molecule has 7 nitrogen and oxygen atoms in total. The van der Waals surface area contributed by atoms with Gasteiger partial charge in [0.25, 0.3) is 5.69 Å². The number of nitro groups is 1. The molecule has 1 saturated heterocycles. The van der Waals surface area contributed by atoms with Crippen LogP contribution in [0.15, 0.2) is 71.6 Å². The van der Waals surface area contributed by atoms with Crippen LogP contribution in [0.2, 0.25) is 0 Å². The van der Waals surface area contributed by atoms with Gasteiger partial charge in [-0.1, -0.05) is 54.6 Å². The third-order valence-corrected chi connectivity index (χ3v) is 7.38. The van der Waals surface area contributed by atoms with Gasteiger partial charge >= 0.3 is 0 Å². The Morgan fingerprint density at radius 2 is 1.59 bits per heavy atom. The number of rotatable bonds is 5. The van der Waals surface area contributed by atoms with E-state index in [0.717, 1.165) is 6.54 Å². The van der Waals surface area contributed by atoms with Crippen molar-refractivity contribution in [1.29, 1.82) is 0 Å². The van der Waals surface area contributed by atoms with Crippen molar-refractivity contribution >= 4 is 26.5 Å². The van der Waals surface area contributed by atoms with Crippen molar-refractivity contribution < 1.29 is 18.2 Å². The van der Waals surface area contributed by atoms with Crippen LogP contribution in [0.5, 0.6) is 0 Å². The Morgan fingerprint density at radius 1 is 0.931 bits per heavy atom. The average Bonchev–Trinajstić information content (AvgIpc) is 2.74. The maximum absolute atomic E-state index is 13.0. The molecule has 0 saturated carbocycles. The van der Waals surface area contributed by atoms with Gasteiger partial charge in [-0.05, 0) is 16.8 Å². The summed E-state index contributed by atoms with van der Waals surface area (Å²) in [6, 6.07) is 20.0. The van der Waals surface area contributed by atoms with Gasteiger partial charge in [-0.25, -0.2) is 8.42 Å². The highest BCUT2D eigenvalue weighted by Crippen LogP contribution is 2.26. The molecule has 3 aromatic carbocycles. The summed E-state index contributed by atoms with van der Waals surface area (Å²) in [5.41, 5.74) is 0.867. The predicted molar refractivity (Wildman–Crippen MR) is 110 cm³/mol. The van der Waals surface area contributed by atoms with E-state index in [-0.39, 0.29) is 10.6 Å². The second-order valence-corrected chi connectivity index (χ2v) is 9.10. The van der Waals surface area contributed by atoms with E-state index in [1.54, 1.807) is 0 Å². The Balaban J connectivity index is 1.49. The molecule has 1 N–H and O–H groups in total. The van der Waals surface area contributed by atoms with E-state index in [1.165, 1.54) is 49.8 Å². The molecule has 0 spiro atoms. The lowest BCUT2D eigenvalue weighted by atomic mass is 10.0. The van der Waals surface area contributed by atoms with Gasteiger partial charge in [0, 0.05) is 11.6 Å². The second kappa shape index (κ2) is 7.90. The SMILES string of the molecule is O=[N+]([O-])c1ccccc1S(=O)(=O)N1CC[NH+](Cc2cccc3ccccc23)CC1. The van der Waals surface area contributed by atoms with Gasteiger partial charge in [-0.2, -0.15) is 4.31 Å². The van der Waals surface area contributed by atoms with Crippen LogP contribution in [0.25, 0.3) is 10.8 Å². The van der Waals surface area contributed by atoms with E-state index in [2.05, 4.69) is 24.3 Å². The molecular weight excluding hydrogens is 390 g/mol. The molecule has 0 aromatic heterocycles. The molecular formula is C21H22N3O4S+. The number of sulfonamides is 1. The van der Waals surface area contributed by atoms with Crippen LogP contribution in [0.3, 0.4) is 0 Å². The Hall–Kier alpha value is -2.81. The quantitative estimate of drug-likeness (QED) is 0.512. The minimum Gasteiger partial charge on any atom is -0.329 e. The molecule has 0 aliphatic carbocycles. The van der Waals surface area contributed by atoms with Crippen molar-refractivity contribution in [3.05, 3.63) is 82.4 Å². The third-order valence-electron chi connectivity index (χ3n) is 5.43. The zero-order chi connectivity index (χ0) is 20.4. The average molecular weight is 412 g/mol. The smallest absolute Gasteiger partial charge is 0.289 e. The van der Waals surface area contributed by atoms with Crippen molar-refractivity contribution in [2.45, 2.75) is 11.4 Å². The van der Waals surface area contributed by atoms with Crippen molar-refractivity contribution in [1.82, 2.24) is 4.31 Å². The molecule has 0 unspecified atom stereocenters. The summed E-state index contributed by atoms with van der Waals surface area (Å²) < 4.78 is 27.3. The molecule has 150 valence electrons. The standard InChI is InChI=1S/C21H21N3O4S/c25-24(26)20-10-3-4-11-21(20)29(27,28)23-14-12-22(13-15-23)16-18-8-5-7-17-6-1-2-9-19(17)18/h1-11H,12-16H2/p+1. The molecule has 29 heavy (non-hydrogen) atoms. The molecule has 3 aromatic rings. The Labute approximate surface area is 169 Å². The molecule has 0 atom stereocenters. The third kappa shape index (κ3) is 3.87. The lowest BCUT2D eigenvalue weighted by Crippen LogP contribution is -3.13. The van der Waals surface area contributed by atoms with Crippen molar-refractivity contribution in [3.63, 3.8) is 0 Å². The van der Waals surface area contributed by atoms with Crippen LogP contribution in [-0.4, -0.2) is 43.8 Å². The fraction of sp³-hybridized carbons (Fsp3) is 0.238. The van der Waals surface area contributed by atoms with E-state index in [1.807, 2.05) is 18.2 Å². The fourth-order valence-electron chi connectivity index (χ4n) is 3.90. The summed E-state index contributed by atoms with van der Waals surface area (Å²) >= 11 is 0. The van der Waals surface area contributed by atoms with Crippen LogP contribution in [0.1, 0.15) is 5.56 Å². The summed E-state index contributed by atoms with van der Waals surface area (Å²) in [6.07, 6.45) is 0. The van der Waals surface area contributed by atoms with E-state index >= 15 is 0 Å². The number of para-hydroxylation sites is 1. The maximum Gasteiger partial charge on any atom is 0.289 e. The van der Waals surface area contributed by atoms with Crippen LogP contribution in [0, 0.1) is 10.1 Å². The maximum atomic E-state index is 13.0. The summed E-state index contributed by atoms with van der Waals surface area (Å²) in [5.74, 6) is 0. The molecule has 8 heteroatoms. The number of quaternary nitrogens is 1. The second-order valence-electron chi connectivity index (χ2n) is 7.19. The van der Waals surface area contributed by atoms with Crippen LogP contribution in [-0.2, 0) is 16.6 Å². The first-order valence-electron chi connectivity index (χ1n) is 9.50. The fourth-order valence-corrected chi connectivity index (χ4v) is 5.50. The highest BCUT2D eigenvalue weighted by molar-refractivity contribution is 7.89. The monoisotopic (exact) mass is 412 g/mol. The van der Waals surface area contributed by atoms with Gasteiger partial charge in [0.05, 0.1) is 31.1 Å². The Kier molecular flexibility index (Phi) is 5.31. The Bertz CT molecular complexity index is 1150. The molecule has 0 bridgehead atoms. The lowest BCUT2D eigenvalue weighted by Gasteiger charge is -2.31. The zero-order valence-electron chi connectivity index (χ0n) is 15.8. The number of nitrogens with zero attached hydrogens (tertiary/aromatic N) is 2. The predicted octanol–water partition coefficient (Wildman–Crippen LogP) is 1.84. The molecule has 0 radical (unpaired) electrons. The number of piperazine rings is 1. The number of nitrogens with one attached hydrogen (secondary N) is 1. The van der Waals surface area contributed by atoms with E-state index in [0.29, 0.717) is 26.2 Å². The molecule has 1 heterocycles. The number of fused-ring (bicyclic) bond motifs is 1. The van der Waals surface area contributed by atoms with E-state index in [9.17, 15) is 18.5 Å². The van der Waals surface area contributed by atoms with Crippen molar-refractivity contribution in [2.24, 2.45) is 0 Å². The van der Waals surface area contributed by atoms with Gasteiger partial charge in [0.1, 0.15) is 6.54 Å². The summed E-state index contributed by atoms with van der Waals surface area (Å²) in [4.78, 5) is 11.7. The molecule has 1 fully saturated rings. The highest BCUT2D eigenvalue weighted by Gasteiger charge is 2.34. The van der Waals surface area contributed by atoms with Gasteiger partial charge in [-0.15, -0.1) is 0 Å². The lowest BCUT2D eigenvalue weighted by molar-refractivity contribution is -0.917. The highest BCUT2D eigenvalue weighted by atomic mass is 32.2. The van der Waals surface area contributed by atoms with Gasteiger partial charge in [0.2, 0.25) is 10.0 Å². The first-order chi connectivity index (χ1) is 14.0. The van der Waals surface area contributed by atoms with Gasteiger partial charge < -0.3 is 4.90 Å². The molecule has 1 aliphatic heterocycles. The van der Waals surface area contributed by atoms with Crippen molar-refractivity contribution in [3.8, 4) is 0 Å². The minimum absolute atomic E-state index is 0.234. The topological polar surface area (TPSA) is 85.0 Å². The summed E-state index contributed by atoms with van der Waals surface area (Å²) in [6.45, 7) is 2.82. The van der Waals surface area contributed by atoms with Crippen molar-refractivity contribution in [2.75, 3.05) is 26.2 Å². The largest absolute Gasteiger partial charge is 0.329 e. The number of hydrogen-bond acceptors (Lipinski definition) is 4. The number of hydrogen-bond donors (Lipinski definition) is 1. The van der Waals surface area contributed by atoms with Gasteiger partial charge in [-0.3, -0.25) is 10.1 Å². The summed E-state index contributed by atoms with van der Waals surface area (Å²) in [5, 5.41) is 13.6. The van der Waals surface area contributed by atoms with Gasteiger partial charge in [0.15, 0.2) is 4.90 Å². The number of benzene rings is 3. The van der Waals surface area contributed by atoms with E-state index in [4.69, 9.17) is 0 Å². The minimum atomic E-state index is -3.89. The molecule has 4 rings (SSSR count). The molecule has 1 aliphatic rings. The van der Waals surface area contributed by atoms with Crippen LogP contribution in [0.4, 0.5) is 5.69 Å². The zero-order valence-corrected chi connectivity index (χ0v) is 16.6. The molecule has 0 amide bonds. The van der Waals surface area contributed by atoms with Crippen LogP contribution < -0.4 is 4.90 Å².